The maximum atomic E-state index is 14.0. The number of carbonyl (C=O) groups is 3. The number of carboxylic acid groups (broad SMARTS) is 1. The van der Waals surface area contributed by atoms with Crippen molar-refractivity contribution in [2.45, 2.75) is 71.3 Å². The number of nitrogens with zero attached hydrogens (tertiary/aromatic N) is 1. The molecule has 0 unspecified atom stereocenters. The van der Waals surface area contributed by atoms with Gasteiger partial charge in [-0.15, -0.1) is 0 Å². The molecule has 2 aromatic carbocycles. The van der Waals surface area contributed by atoms with E-state index in [4.69, 9.17) is 4.74 Å². The number of aliphatic hydroxyl groups is 2. The maximum absolute atomic E-state index is 14.0. The number of amides is 1. The van der Waals surface area contributed by atoms with E-state index in [0.717, 1.165) is 0 Å². The van der Waals surface area contributed by atoms with E-state index in [1.54, 1.807) is 43.5 Å². The first-order valence-electron chi connectivity index (χ1n) is 14.0. The molecule has 2 atom stereocenters. The summed E-state index contributed by atoms with van der Waals surface area (Å²) in [7, 11) is 0. The number of ether oxygens (including phenoxy) is 1. The van der Waals surface area contributed by atoms with E-state index < -0.39 is 47.9 Å². The number of aliphatic hydroxyl groups excluding tert-OH is 2. The zero-order chi connectivity index (χ0) is 31.9. The second-order valence-corrected chi connectivity index (χ2v) is 11.5. The summed E-state index contributed by atoms with van der Waals surface area (Å²) in [6.45, 7) is 8.54. The van der Waals surface area contributed by atoms with Crippen LogP contribution in [0.3, 0.4) is 0 Å². The number of carboxylic acids is 1. The van der Waals surface area contributed by atoms with Crippen LogP contribution in [-0.4, -0.2) is 57.0 Å². The van der Waals surface area contributed by atoms with Gasteiger partial charge in [-0.1, -0.05) is 48.5 Å². The Morgan fingerprint density at radius 1 is 1.00 bits per heavy atom. The first kappa shape index (κ1) is 36.9. The van der Waals surface area contributed by atoms with E-state index in [-0.39, 0.29) is 54.3 Å². The molecule has 0 spiro atoms. The topological polar surface area (TPSA) is 141 Å². The molecule has 0 aliphatic heterocycles. The van der Waals surface area contributed by atoms with Crippen LogP contribution in [-0.2, 0) is 14.3 Å². The molecule has 0 saturated heterocycles. The zero-order valence-corrected chi connectivity index (χ0v) is 28.0. The molecule has 0 saturated carbocycles. The van der Waals surface area contributed by atoms with Crippen LogP contribution in [0.15, 0.2) is 60.7 Å². The molecule has 11 heteroatoms. The van der Waals surface area contributed by atoms with E-state index in [9.17, 15) is 34.1 Å². The fourth-order valence-electron chi connectivity index (χ4n) is 4.77. The number of hydrogen-bond donors (Lipinski definition) is 3. The van der Waals surface area contributed by atoms with Crippen LogP contribution in [0, 0.1) is 5.82 Å². The molecule has 3 N–H and O–H groups in total. The number of benzene rings is 2. The van der Waals surface area contributed by atoms with Gasteiger partial charge < -0.3 is 34.7 Å². The molecule has 3 rings (SSSR count). The van der Waals surface area contributed by atoms with E-state index in [0.29, 0.717) is 27.9 Å². The first-order valence-corrected chi connectivity index (χ1v) is 14.0. The number of nitrogens with one attached hydrogen (secondary N) is 1. The molecule has 0 aliphatic carbocycles. The standard InChI is InChI=1S/C33H39FN2O7.Na/c1-20(2)36-26(16-15-24(37)17-25(38)18-27(39)40)29(22-11-13-23(34)14-12-22)30(21-9-7-6-8-10-21)31(36)32(42)35-19-28(41)43-33(3,4)5;/h6-16,20,24-25,37-38H,17-19H2,1-5H3,(H,35,42)(H,39,40);/q;+1/p-1/b16-15+;/t24-,25-;/m1./s1. The second kappa shape index (κ2) is 16.2. The number of rotatable bonds is 12. The minimum Gasteiger partial charge on any atom is -0.550 e. The molecule has 230 valence electrons. The summed E-state index contributed by atoms with van der Waals surface area (Å²) in [6.07, 6.45) is -0.451. The fraction of sp³-hybridized carbons (Fsp3) is 0.364. The SMILES string of the molecule is CC(C)n1c(/C=C/[C@@H](O)C[C@@H](O)CC(=O)[O-])c(-c2ccc(F)cc2)c(-c2ccccc2)c1C(=O)NCC(=O)OC(C)(C)C.[Na+]. The normalized spacial score (nSPS) is 12.9. The summed E-state index contributed by atoms with van der Waals surface area (Å²) in [5.41, 5.74) is 2.36. The van der Waals surface area contributed by atoms with Crippen molar-refractivity contribution in [3.8, 4) is 22.3 Å². The van der Waals surface area contributed by atoms with Crippen molar-refractivity contribution in [2.75, 3.05) is 6.54 Å². The molecule has 0 aliphatic rings. The van der Waals surface area contributed by atoms with Gasteiger partial charge in [0.15, 0.2) is 0 Å². The Balaban J connectivity index is 0.00000675. The quantitative estimate of drug-likeness (QED) is 0.203. The van der Waals surface area contributed by atoms with Crippen LogP contribution >= 0.6 is 0 Å². The minimum atomic E-state index is -1.44. The van der Waals surface area contributed by atoms with E-state index in [1.807, 2.05) is 44.2 Å². The maximum Gasteiger partial charge on any atom is 1.00 e. The van der Waals surface area contributed by atoms with Crippen molar-refractivity contribution < 1.29 is 68.4 Å². The zero-order valence-electron chi connectivity index (χ0n) is 26.0. The smallest absolute Gasteiger partial charge is 0.550 e. The van der Waals surface area contributed by atoms with Gasteiger partial charge in [-0.05, 0) is 64.0 Å². The number of carbonyl (C=O) groups excluding carboxylic acids is 3. The summed E-state index contributed by atoms with van der Waals surface area (Å²) in [5, 5.41) is 34.1. The monoisotopic (exact) mass is 616 g/mol. The van der Waals surface area contributed by atoms with E-state index in [1.165, 1.54) is 18.2 Å². The predicted octanol–water partition coefficient (Wildman–Crippen LogP) is 0.883. The van der Waals surface area contributed by atoms with Crippen LogP contribution in [0.4, 0.5) is 4.39 Å². The van der Waals surface area contributed by atoms with Crippen LogP contribution in [0.2, 0.25) is 0 Å². The number of esters is 1. The third-order valence-electron chi connectivity index (χ3n) is 6.38. The van der Waals surface area contributed by atoms with Crippen molar-refractivity contribution in [2.24, 2.45) is 0 Å². The second-order valence-electron chi connectivity index (χ2n) is 11.5. The molecule has 0 radical (unpaired) electrons. The van der Waals surface area contributed by atoms with Gasteiger partial charge in [-0.3, -0.25) is 9.59 Å². The van der Waals surface area contributed by atoms with Gasteiger partial charge in [0.05, 0.1) is 12.2 Å². The van der Waals surface area contributed by atoms with Gasteiger partial charge in [0, 0.05) is 41.7 Å². The Bertz CT molecular complexity index is 1460. The van der Waals surface area contributed by atoms with Gasteiger partial charge >= 0.3 is 35.5 Å². The minimum absolute atomic E-state index is 0. The molecule has 0 fully saturated rings. The van der Waals surface area contributed by atoms with Crippen LogP contribution in [0.1, 0.15) is 69.7 Å². The molecule has 1 amide bonds. The summed E-state index contributed by atoms with van der Waals surface area (Å²) >= 11 is 0. The summed E-state index contributed by atoms with van der Waals surface area (Å²) in [4.78, 5) is 37.2. The Labute approximate surface area is 279 Å². The Kier molecular flexibility index (Phi) is 13.5. The van der Waals surface area contributed by atoms with Gasteiger partial charge in [-0.25, -0.2) is 4.39 Å². The van der Waals surface area contributed by atoms with Crippen LogP contribution in [0.5, 0.6) is 0 Å². The van der Waals surface area contributed by atoms with Crippen LogP contribution < -0.4 is 40.0 Å². The van der Waals surface area contributed by atoms with E-state index >= 15 is 0 Å². The fourth-order valence-corrected chi connectivity index (χ4v) is 4.77. The van der Waals surface area contributed by atoms with Crippen LogP contribution in [0.25, 0.3) is 28.3 Å². The summed E-state index contributed by atoms with van der Waals surface area (Å²) in [5.74, 6) is -3.04. The number of halogens is 1. The third-order valence-corrected chi connectivity index (χ3v) is 6.38. The van der Waals surface area contributed by atoms with Crippen molar-refractivity contribution >= 4 is 23.9 Å². The van der Waals surface area contributed by atoms with Crippen molar-refractivity contribution in [3.63, 3.8) is 0 Å². The average molecular weight is 617 g/mol. The van der Waals surface area contributed by atoms with Gasteiger partial charge in [-0.2, -0.15) is 0 Å². The third kappa shape index (κ3) is 10.1. The van der Waals surface area contributed by atoms with E-state index in [2.05, 4.69) is 5.32 Å². The molecule has 44 heavy (non-hydrogen) atoms. The Hall–Kier alpha value is -3.28. The number of aromatic nitrogens is 1. The molecule has 1 aromatic heterocycles. The van der Waals surface area contributed by atoms with Gasteiger partial charge in [0.25, 0.3) is 5.91 Å². The summed E-state index contributed by atoms with van der Waals surface area (Å²) < 4.78 is 21.1. The number of aliphatic carboxylic acids is 1. The molecular formula is C33H38FN2NaO7. The molecule has 0 bridgehead atoms. The molecular weight excluding hydrogens is 578 g/mol. The summed E-state index contributed by atoms with van der Waals surface area (Å²) in [6, 6.07) is 14.6. The van der Waals surface area contributed by atoms with Gasteiger partial charge in [0.1, 0.15) is 23.7 Å². The predicted molar refractivity (Wildman–Crippen MR) is 159 cm³/mol. The largest absolute Gasteiger partial charge is 1.00 e. The van der Waals surface area contributed by atoms with Gasteiger partial charge in [0.2, 0.25) is 0 Å². The Morgan fingerprint density at radius 2 is 1.59 bits per heavy atom. The molecule has 9 nitrogen and oxygen atoms in total. The van der Waals surface area contributed by atoms with Crippen molar-refractivity contribution in [1.29, 1.82) is 0 Å². The average Bonchev–Trinajstić information content (AvgIpc) is 3.25. The molecule has 3 aromatic rings. The number of hydrogen-bond acceptors (Lipinski definition) is 7. The first-order chi connectivity index (χ1) is 20.2. The Morgan fingerprint density at radius 3 is 2.14 bits per heavy atom. The van der Waals surface area contributed by atoms with Crippen molar-refractivity contribution in [3.05, 3.63) is 77.9 Å². The van der Waals surface area contributed by atoms with Crippen molar-refractivity contribution in [1.82, 2.24) is 9.88 Å². The molecule has 1 heterocycles.